The van der Waals surface area contributed by atoms with Gasteiger partial charge in [0.1, 0.15) is 5.60 Å². The molecule has 0 spiro atoms. The van der Waals surface area contributed by atoms with Crippen molar-refractivity contribution < 1.29 is 19.0 Å². The number of nitrogens with one attached hydrogen (secondary N) is 1. The number of piperidine rings is 1. The molecule has 9 heteroatoms. The number of aliphatic imine (C=N–C) groups is 1. The number of rotatable bonds is 8. The SMILES string of the molecule is CN=C(NCCC1CCCN(C(=O)OC(C)(C)C)C1)N1CCC(COCCOC)C1.I. The minimum atomic E-state index is -0.444. The number of amides is 1. The van der Waals surface area contributed by atoms with Gasteiger partial charge in [-0.15, -0.1) is 24.0 Å². The molecular formula is C22H43IN4O4. The number of guanidine groups is 1. The average Bonchev–Trinajstić information content (AvgIpc) is 3.16. The number of likely N-dealkylation sites (tertiary alicyclic amines) is 2. The zero-order chi connectivity index (χ0) is 22.0. The number of carbonyl (C=O) groups excluding carboxylic acids is 1. The zero-order valence-corrected chi connectivity index (χ0v) is 22.4. The second-order valence-corrected chi connectivity index (χ2v) is 9.37. The molecule has 1 amide bonds. The lowest BCUT2D eigenvalue weighted by Crippen LogP contribution is -2.44. The quantitative estimate of drug-likeness (QED) is 0.215. The summed E-state index contributed by atoms with van der Waals surface area (Å²) in [6.45, 7) is 12.2. The summed E-state index contributed by atoms with van der Waals surface area (Å²) >= 11 is 0. The fourth-order valence-corrected chi connectivity index (χ4v) is 4.07. The van der Waals surface area contributed by atoms with Gasteiger partial charge in [0.2, 0.25) is 0 Å². The van der Waals surface area contributed by atoms with Gasteiger partial charge in [-0.1, -0.05) is 0 Å². The predicted molar refractivity (Wildman–Crippen MR) is 134 cm³/mol. The molecule has 2 saturated heterocycles. The Kier molecular flexibility index (Phi) is 13.1. The third-order valence-corrected chi connectivity index (χ3v) is 5.59. The second kappa shape index (κ2) is 14.4. The number of nitrogens with zero attached hydrogens (tertiary/aromatic N) is 3. The molecule has 182 valence electrons. The van der Waals surface area contributed by atoms with Gasteiger partial charge in [-0.05, 0) is 52.4 Å². The van der Waals surface area contributed by atoms with E-state index in [4.69, 9.17) is 14.2 Å². The van der Waals surface area contributed by atoms with Crippen LogP contribution < -0.4 is 5.32 Å². The normalized spacial score (nSPS) is 22.3. The number of hydrogen-bond acceptors (Lipinski definition) is 5. The molecule has 1 N–H and O–H groups in total. The lowest BCUT2D eigenvalue weighted by molar-refractivity contribution is 0.0162. The van der Waals surface area contributed by atoms with Gasteiger partial charge in [-0.2, -0.15) is 0 Å². The van der Waals surface area contributed by atoms with Gasteiger partial charge in [-0.3, -0.25) is 4.99 Å². The molecule has 0 aromatic heterocycles. The Bertz CT molecular complexity index is 556. The Morgan fingerprint density at radius 3 is 2.52 bits per heavy atom. The summed E-state index contributed by atoms with van der Waals surface area (Å²) < 4.78 is 16.2. The van der Waals surface area contributed by atoms with E-state index in [2.05, 4.69) is 15.2 Å². The van der Waals surface area contributed by atoms with Crippen LogP contribution in [-0.4, -0.2) is 94.2 Å². The van der Waals surface area contributed by atoms with Crippen LogP contribution in [-0.2, 0) is 14.2 Å². The molecule has 0 radical (unpaired) electrons. The second-order valence-electron chi connectivity index (χ2n) is 9.37. The smallest absolute Gasteiger partial charge is 0.410 e. The summed E-state index contributed by atoms with van der Waals surface area (Å²) in [6.07, 6.45) is 4.16. The highest BCUT2D eigenvalue weighted by Crippen LogP contribution is 2.22. The van der Waals surface area contributed by atoms with Crippen molar-refractivity contribution in [3.63, 3.8) is 0 Å². The van der Waals surface area contributed by atoms with E-state index in [1.165, 1.54) is 0 Å². The highest BCUT2D eigenvalue weighted by molar-refractivity contribution is 14.0. The third kappa shape index (κ3) is 10.6. The lowest BCUT2D eigenvalue weighted by atomic mass is 9.95. The highest BCUT2D eigenvalue weighted by atomic mass is 127. The molecule has 2 fully saturated rings. The molecule has 2 aliphatic rings. The number of hydrogen-bond donors (Lipinski definition) is 1. The maximum absolute atomic E-state index is 12.3. The van der Waals surface area contributed by atoms with E-state index in [-0.39, 0.29) is 30.1 Å². The first-order valence-corrected chi connectivity index (χ1v) is 11.3. The van der Waals surface area contributed by atoms with Crippen molar-refractivity contribution in [3.8, 4) is 0 Å². The standard InChI is InChI=1S/C22H42N4O4.HI/c1-22(2,3)30-21(27)26-11-6-7-18(15-26)8-10-24-20(23-4)25-12-9-19(16-25)17-29-14-13-28-5;/h18-19H,6-17H2,1-5H3,(H,23,24);1H. The Morgan fingerprint density at radius 1 is 1.10 bits per heavy atom. The molecule has 0 aromatic rings. The van der Waals surface area contributed by atoms with Crippen molar-refractivity contribution in [2.24, 2.45) is 16.8 Å². The molecule has 0 aliphatic carbocycles. The summed E-state index contributed by atoms with van der Waals surface area (Å²) in [7, 11) is 3.54. The Morgan fingerprint density at radius 2 is 1.84 bits per heavy atom. The van der Waals surface area contributed by atoms with Gasteiger partial charge in [0, 0.05) is 52.8 Å². The monoisotopic (exact) mass is 554 g/mol. The number of halogens is 1. The molecule has 2 atom stereocenters. The first kappa shape index (κ1) is 28.2. The maximum Gasteiger partial charge on any atom is 0.410 e. The molecule has 2 heterocycles. The number of ether oxygens (including phenoxy) is 3. The van der Waals surface area contributed by atoms with Gasteiger partial charge in [0.15, 0.2) is 5.96 Å². The molecule has 31 heavy (non-hydrogen) atoms. The summed E-state index contributed by atoms with van der Waals surface area (Å²) in [6, 6.07) is 0. The van der Waals surface area contributed by atoms with E-state index in [9.17, 15) is 4.79 Å². The topological polar surface area (TPSA) is 75.6 Å². The molecule has 2 rings (SSSR count). The van der Waals surface area contributed by atoms with Gasteiger partial charge in [-0.25, -0.2) is 4.79 Å². The molecule has 0 saturated carbocycles. The van der Waals surface area contributed by atoms with Gasteiger partial charge in [0.05, 0.1) is 19.8 Å². The van der Waals surface area contributed by atoms with Crippen molar-refractivity contribution in [2.45, 2.75) is 52.1 Å². The first-order valence-electron chi connectivity index (χ1n) is 11.3. The Balaban J connectivity index is 0.00000480. The van der Waals surface area contributed by atoms with Crippen LogP contribution in [0.2, 0.25) is 0 Å². The summed E-state index contributed by atoms with van der Waals surface area (Å²) in [5.41, 5.74) is -0.444. The van der Waals surface area contributed by atoms with Crippen LogP contribution in [0.15, 0.2) is 4.99 Å². The van der Waals surface area contributed by atoms with Gasteiger partial charge < -0.3 is 29.3 Å². The van der Waals surface area contributed by atoms with E-state index in [1.807, 2.05) is 32.7 Å². The van der Waals surface area contributed by atoms with Crippen molar-refractivity contribution >= 4 is 36.0 Å². The minimum Gasteiger partial charge on any atom is -0.444 e. The third-order valence-electron chi connectivity index (χ3n) is 5.59. The van der Waals surface area contributed by atoms with E-state index in [0.29, 0.717) is 25.0 Å². The predicted octanol–water partition coefficient (Wildman–Crippen LogP) is 3.20. The van der Waals surface area contributed by atoms with Crippen LogP contribution in [0.25, 0.3) is 0 Å². The molecule has 2 aliphatic heterocycles. The Hall–Kier alpha value is -0.810. The fourth-order valence-electron chi connectivity index (χ4n) is 4.07. The van der Waals surface area contributed by atoms with E-state index >= 15 is 0 Å². The number of methoxy groups -OCH3 is 1. The van der Waals surface area contributed by atoms with Crippen LogP contribution in [0.3, 0.4) is 0 Å². The molecule has 2 unspecified atom stereocenters. The molecule has 0 bridgehead atoms. The largest absolute Gasteiger partial charge is 0.444 e. The summed E-state index contributed by atoms with van der Waals surface area (Å²) in [5, 5.41) is 3.52. The molecule has 0 aromatic carbocycles. The first-order chi connectivity index (χ1) is 14.3. The Labute approximate surface area is 205 Å². The van der Waals surface area contributed by atoms with Crippen LogP contribution in [0.5, 0.6) is 0 Å². The summed E-state index contributed by atoms with van der Waals surface area (Å²) in [4.78, 5) is 21.0. The van der Waals surface area contributed by atoms with E-state index in [1.54, 1.807) is 7.11 Å². The van der Waals surface area contributed by atoms with E-state index in [0.717, 1.165) is 71.0 Å². The van der Waals surface area contributed by atoms with Crippen molar-refractivity contribution in [1.29, 1.82) is 0 Å². The van der Waals surface area contributed by atoms with Crippen molar-refractivity contribution in [2.75, 3.05) is 66.7 Å². The average molecular weight is 555 g/mol. The van der Waals surface area contributed by atoms with Crippen molar-refractivity contribution in [3.05, 3.63) is 0 Å². The minimum absolute atomic E-state index is 0. The maximum atomic E-state index is 12.3. The zero-order valence-electron chi connectivity index (χ0n) is 20.0. The van der Waals surface area contributed by atoms with Gasteiger partial charge in [0.25, 0.3) is 0 Å². The highest BCUT2D eigenvalue weighted by Gasteiger charge is 2.28. The lowest BCUT2D eigenvalue weighted by Gasteiger charge is -2.34. The van der Waals surface area contributed by atoms with Crippen LogP contribution in [0.4, 0.5) is 4.79 Å². The van der Waals surface area contributed by atoms with Gasteiger partial charge >= 0.3 is 6.09 Å². The van der Waals surface area contributed by atoms with Crippen molar-refractivity contribution in [1.82, 2.24) is 15.1 Å². The van der Waals surface area contributed by atoms with E-state index < -0.39 is 5.60 Å². The molecular weight excluding hydrogens is 511 g/mol. The summed E-state index contributed by atoms with van der Waals surface area (Å²) in [5.74, 6) is 2.01. The van der Waals surface area contributed by atoms with Crippen LogP contribution in [0.1, 0.15) is 46.5 Å². The van der Waals surface area contributed by atoms with Crippen LogP contribution >= 0.6 is 24.0 Å². The number of carbonyl (C=O) groups is 1. The fraction of sp³-hybridized carbons (Fsp3) is 0.909. The van der Waals surface area contributed by atoms with Crippen LogP contribution in [0, 0.1) is 11.8 Å². The molecule has 8 nitrogen and oxygen atoms in total.